The molecule has 2 aromatic rings. The van der Waals surface area contributed by atoms with Gasteiger partial charge >= 0.3 is 5.97 Å². The quantitative estimate of drug-likeness (QED) is 0.732. The lowest BCUT2D eigenvalue weighted by Gasteiger charge is -2.23. The predicted octanol–water partition coefficient (Wildman–Crippen LogP) is 3.75. The maximum Gasteiger partial charge on any atom is 0.337 e. The van der Waals surface area contributed by atoms with E-state index in [4.69, 9.17) is 23.2 Å². The van der Waals surface area contributed by atoms with Crippen LogP contribution in [0.1, 0.15) is 15.9 Å². The Kier molecular flexibility index (Phi) is 5.74. The van der Waals surface area contributed by atoms with Crippen LogP contribution in [-0.2, 0) is 21.3 Å². The van der Waals surface area contributed by atoms with Gasteiger partial charge in [-0.1, -0.05) is 35.3 Å². The van der Waals surface area contributed by atoms with Crippen LogP contribution in [0, 0.1) is 0 Å². The minimum atomic E-state index is -3.57. The van der Waals surface area contributed by atoms with Crippen LogP contribution in [0.3, 0.4) is 0 Å². The minimum absolute atomic E-state index is 0.0236. The fraction of sp³-hybridized carbons (Fsp3) is 0.188. The zero-order valence-corrected chi connectivity index (χ0v) is 15.3. The second kappa shape index (κ2) is 7.42. The summed E-state index contributed by atoms with van der Waals surface area (Å²) in [6, 6.07) is 11.1. The molecule has 0 saturated carbocycles. The highest BCUT2D eigenvalue weighted by atomic mass is 35.5. The van der Waals surface area contributed by atoms with E-state index in [9.17, 15) is 13.2 Å². The number of benzene rings is 2. The molecule has 0 atom stereocenters. The molecule has 0 N–H and O–H groups in total. The van der Waals surface area contributed by atoms with Crippen molar-refractivity contribution in [2.45, 2.75) is 6.54 Å². The van der Waals surface area contributed by atoms with Gasteiger partial charge in [0.05, 0.1) is 41.2 Å². The van der Waals surface area contributed by atoms with E-state index in [0.717, 1.165) is 6.26 Å². The van der Waals surface area contributed by atoms with Gasteiger partial charge in [0, 0.05) is 0 Å². The molecule has 0 bridgehead atoms. The maximum atomic E-state index is 12.2. The van der Waals surface area contributed by atoms with Crippen LogP contribution in [0.15, 0.2) is 42.5 Å². The van der Waals surface area contributed by atoms with Crippen molar-refractivity contribution in [2.24, 2.45) is 0 Å². The summed E-state index contributed by atoms with van der Waals surface area (Å²) in [6.45, 7) is 0.0236. The van der Waals surface area contributed by atoms with E-state index >= 15 is 0 Å². The Morgan fingerprint density at radius 2 is 1.75 bits per heavy atom. The first-order valence-electron chi connectivity index (χ1n) is 6.83. The van der Waals surface area contributed by atoms with Crippen LogP contribution >= 0.6 is 23.2 Å². The molecule has 0 unspecified atom stereocenters. The number of rotatable bonds is 5. The highest BCUT2D eigenvalue weighted by Gasteiger charge is 2.20. The number of esters is 1. The highest BCUT2D eigenvalue weighted by molar-refractivity contribution is 7.92. The summed E-state index contributed by atoms with van der Waals surface area (Å²) in [7, 11) is -2.29. The summed E-state index contributed by atoms with van der Waals surface area (Å²) < 4.78 is 30.1. The largest absolute Gasteiger partial charge is 0.465 e. The molecule has 0 aromatic heterocycles. The number of carbonyl (C=O) groups excluding carboxylic acids is 1. The van der Waals surface area contributed by atoms with E-state index in [0.29, 0.717) is 26.9 Å². The number of hydrogen-bond acceptors (Lipinski definition) is 4. The first kappa shape index (κ1) is 18.6. The molecule has 0 aliphatic carbocycles. The number of carbonyl (C=O) groups is 1. The van der Waals surface area contributed by atoms with Crippen molar-refractivity contribution in [2.75, 3.05) is 17.7 Å². The Hall–Kier alpha value is -1.76. The van der Waals surface area contributed by atoms with Gasteiger partial charge < -0.3 is 4.74 Å². The van der Waals surface area contributed by atoms with Crippen molar-refractivity contribution in [1.29, 1.82) is 0 Å². The highest BCUT2D eigenvalue weighted by Crippen LogP contribution is 2.29. The zero-order valence-electron chi connectivity index (χ0n) is 13.0. The number of halogens is 2. The lowest BCUT2D eigenvalue weighted by Crippen LogP contribution is -2.29. The SMILES string of the molecule is COC(=O)c1ccc(N(Cc2cccc(Cl)c2Cl)S(C)(=O)=O)cc1. The topological polar surface area (TPSA) is 63.7 Å². The molecule has 2 aromatic carbocycles. The van der Waals surface area contributed by atoms with Crippen molar-refractivity contribution < 1.29 is 17.9 Å². The minimum Gasteiger partial charge on any atom is -0.465 e. The van der Waals surface area contributed by atoms with Crippen molar-refractivity contribution in [3.05, 3.63) is 63.6 Å². The third-order valence-corrected chi connectivity index (χ3v) is 5.32. The summed E-state index contributed by atoms with van der Waals surface area (Å²) in [6.07, 6.45) is 1.10. The standard InChI is InChI=1S/C16H15Cl2NO4S/c1-23-16(20)11-6-8-13(9-7-11)19(24(2,21)22)10-12-4-3-5-14(17)15(12)18/h3-9H,10H2,1-2H3. The number of hydrogen-bond donors (Lipinski definition) is 0. The van der Waals surface area contributed by atoms with E-state index in [1.54, 1.807) is 18.2 Å². The second-order valence-corrected chi connectivity index (χ2v) is 7.71. The van der Waals surface area contributed by atoms with Crippen LogP contribution in [0.2, 0.25) is 10.0 Å². The van der Waals surface area contributed by atoms with Crippen molar-refractivity contribution in [1.82, 2.24) is 0 Å². The first-order chi connectivity index (χ1) is 11.2. The molecule has 0 amide bonds. The fourth-order valence-corrected chi connectivity index (χ4v) is 3.37. The van der Waals surface area contributed by atoms with Gasteiger partial charge in [-0.15, -0.1) is 0 Å². The molecule has 0 saturated heterocycles. The molecule has 24 heavy (non-hydrogen) atoms. The first-order valence-corrected chi connectivity index (χ1v) is 9.43. The van der Waals surface area contributed by atoms with Gasteiger partial charge in [0.1, 0.15) is 0 Å². The zero-order chi connectivity index (χ0) is 17.9. The summed E-state index contributed by atoms with van der Waals surface area (Å²) in [4.78, 5) is 11.5. The lowest BCUT2D eigenvalue weighted by molar-refractivity contribution is 0.0601. The molecule has 8 heteroatoms. The molecule has 0 aliphatic rings. The van der Waals surface area contributed by atoms with E-state index < -0.39 is 16.0 Å². The van der Waals surface area contributed by atoms with Crippen LogP contribution < -0.4 is 4.31 Å². The van der Waals surface area contributed by atoms with Crippen molar-refractivity contribution >= 4 is 44.9 Å². The van der Waals surface area contributed by atoms with Gasteiger partial charge in [0.2, 0.25) is 10.0 Å². The van der Waals surface area contributed by atoms with Crippen LogP contribution in [0.25, 0.3) is 0 Å². The Morgan fingerprint density at radius 3 is 2.29 bits per heavy atom. The van der Waals surface area contributed by atoms with E-state index in [1.165, 1.54) is 35.7 Å². The van der Waals surface area contributed by atoms with Crippen LogP contribution in [0.4, 0.5) is 5.69 Å². The summed E-state index contributed by atoms with van der Waals surface area (Å²) in [5.41, 5.74) is 1.31. The smallest absolute Gasteiger partial charge is 0.337 e. The summed E-state index contributed by atoms with van der Waals surface area (Å²) >= 11 is 12.1. The average molecular weight is 388 g/mol. The third kappa shape index (κ3) is 4.20. The molecular weight excluding hydrogens is 373 g/mol. The Bertz CT molecular complexity index is 851. The van der Waals surface area contributed by atoms with Crippen LogP contribution in [0.5, 0.6) is 0 Å². The number of sulfonamides is 1. The lowest BCUT2D eigenvalue weighted by atomic mass is 10.2. The molecule has 0 radical (unpaired) electrons. The molecule has 2 rings (SSSR count). The Morgan fingerprint density at radius 1 is 1.12 bits per heavy atom. The average Bonchev–Trinajstić information content (AvgIpc) is 2.54. The van der Waals surface area contributed by atoms with Crippen molar-refractivity contribution in [3.63, 3.8) is 0 Å². The second-order valence-electron chi connectivity index (χ2n) is 5.02. The Balaban J connectivity index is 2.40. The van der Waals surface area contributed by atoms with E-state index in [2.05, 4.69) is 4.74 Å². The van der Waals surface area contributed by atoms with Crippen molar-refractivity contribution in [3.8, 4) is 0 Å². The molecule has 0 fully saturated rings. The third-order valence-electron chi connectivity index (χ3n) is 3.32. The number of anilines is 1. The summed E-state index contributed by atoms with van der Waals surface area (Å²) in [5.74, 6) is -0.495. The molecule has 0 heterocycles. The maximum absolute atomic E-state index is 12.2. The van der Waals surface area contributed by atoms with Crippen LogP contribution in [-0.4, -0.2) is 27.8 Å². The van der Waals surface area contributed by atoms with Gasteiger partial charge in [-0.2, -0.15) is 0 Å². The van der Waals surface area contributed by atoms with E-state index in [1.807, 2.05) is 0 Å². The van der Waals surface area contributed by atoms with Gasteiger partial charge in [0.25, 0.3) is 0 Å². The number of ether oxygens (including phenoxy) is 1. The molecular formula is C16H15Cl2NO4S. The van der Waals surface area contributed by atoms with Gasteiger partial charge in [-0.05, 0) is 35.9 Å². The predicted molar refractivity (Wildman–Crippen MR) is 95.3 cm³/mol. The van der Waals surface area contributed by atoms with Gasteiger partial charge in [0.15, 0.2) is 0 Å². The monoisotopic (exact) mass is 387 g/mol. The normalized spacial score (nSPS) is 11.2. The molecule has 0 aliphatic heterocycles. The molecule has 5 nitrogen and oxygen atoms in total. The summed E-state index contributed by atoms with van der Waals surface area (Å²) in [5, 5.41) is 0.655. The molecule has 0 spiro atoms. The molecule has 128 valence electrons. The van der Waals surface area contributed by atoms with E-state index in [-0.39, 0.29) is 6.54 Å². The number of methoxy groups -OCH3 is 1. The van der Waals surface area contributed by atoms with Gasteiger partial charge in [-0.3, -0.25) is 4.31 Å². The Labute approximate surface area is 150 Å². The number of nitrogens with zero attached hydrogens (tertiary/aromatic N) is 1. The van der Waals surface area contributed by atoms with Gasteiger partial charge in [-0.25, -0.2) is 13.2 Å². The fourth-order valence-electron chi connectivity index (χ4n) is 2.11.